The number of rotatable bonds is 13. The lowest BCUT2D eigenvalue weighted by molar-refractivity contribution is -0.180. The van der Waals surface area contributed by atoms with E-state index in [4.69, 9.17) is 4.74 Å². The predicted octanol–water partition coefficient (Wildman–Crippen LogP) is 8.69. The van der Waals surface area contributed by atoms with Crippen molar-refractivity contribution in [2.24, 2.45) is 5.92 Å². The zero-order valence-electron chi connectivity index (χ0n) is 25.5. The van der Waals surface area contributed by atoms with Crippen LogP contribution in [0.5, 0.6) is 0 Å². The van der Waals surface area contributed by atoms with Gasteiger partial charge in [0.25, 0.3) is 0 Å². The summed E-state index contributed by atoms with van der Waals surface area (Å²) in [7, 11) is 0. The van der Waals surface area contributed by atoms with Crippen LogP contribution in [0.1, 0.15) is 74.1 Å². The summed E-state index contributed by atoms with van der Waals surface area (Å²) in [4.78, 5) is 30.0. The second-order valence-corrected chi connectivity index (χ2v) is 11.9. The largest absolute Gasteiger partial charge is 0.458 e. The molecule has 0 saturated carbocycles. The highest BCUT2D eigenvalue weighted by molar-refractivity contribution is 6.02. The van der Waals surface area contributed by atoms with Gasteiger partial charge in [0.05, 0.1) is 0 Å². The highest BCUT2D eigenvalue weighted by atomic mass is 16.6. The highest BCUT2D eigenvalue weighted by Gasteiger charge is 2.48. The Morgan fingerprint density at radius 1 is 0.744 bits per heavy atom. The first kappa shape index (κ1) is 30.3. The first-order chi connectivity index (χ1) is 21.0. The molecule has 2 unspecified atom stereocenters. The molecule has 0 N–H and O–H groups in total. The van der Waals surface area contributed by atoms with Crippen LogP contribution in [0.4, 0.5) is 5.69 Å². The van der Waals surface area contributed by atoms with Crippen LogP contribution < -0.4 is 4.90 Å². The second kappa shape index (κ2) is 14.3. The van der Waals surface area contributed by atoms with Crippen LogP contribution >= 0.6 is 0 Å². The fourth-order valence-electron chi connectivity index (χ4n) is 6.60. The molecular weight excluding hydrogens is 530 g/mol. The van der Waals surface area contributed by atoms with Crippen LogP contribution in [-0.2, 0) is 33.8 Å². The van der Waals surface area contributed by atoms with E-state index in [1.165, 1.54) is 16.7 Å². The molecule has 4 aromatic rings. The van der Waals surface area contributed by atoms with Crippen molar-refractivity contribution < 1.29 is 14.3 Å². The van der Waals surface area contributed by atoms with E-state index in [1.807, 2.05) is 30.3 Å². The van der Waals surface area contributed by atoms with Crippen LogP contribution in [-0.4, -0.2) is 17.4 Å². The van der Waals surface area contributed by atoms with Gasteiger partial charge in [0.1, 0.15) is 11.5 Å². The fraction of sp³-hybridized carbons (Fsp3) is 0.333. The summed E-state index contributed by atoms with van der Waals surface area (Å²) in [6, 6.07) is 39.6. The SMILES string of the molecule is CCCC1(CCc2ccccc2)CC(=O)C([C@@H](CC)c2cccc(N(Cc3ccccc3)Cc3ccccc3)c2)C(=O)O1. The number of ether oxygens (including phenoxy) is 1. The molecule has 0 aliphatic carbocycles. The molecule has 4 aromatic carbocycles. The van der Waals surface area contributed by atoms with Gasteiger partial charge in [0.15, 0.2) is 5.78 Å². The molecule has 0 radical (unpaired) electrons. The van der Waals surface area contributed by atoms with Crippen LogP contribution in [0.3, 0.4) is 0 Å². The van der Waals surface area contributed by atoms with Gasteiger partial charge in [-0.15, -0.1) is 0 Å². The van der Waals surface area contributed by atoms with E-state index in [0.29, 0.717) is 19.3 Å². The summed E-state index contributed by atoms with van der Waals surface area (Å²) in [5, 5.41) is 0. The van der Waals surface area contributed by atoms with Gasteiger partial charge in [0, 0.05) is 31.1 Å². The van der Waals surface area contributed by atoms with Crippen molar-refractivity contribution in [1.82, 2.24) is 0 Å². The molecule has 1 aliphatic rings. The third kappa shape index (κ3) is 7.62. The predicted molar refractivity (Wildman–Crippen MR) is 174 cm³/mol. The van der Waals surface area contributed by atoms with Crippen molar-refractivity contribution in [3.8, 4) is 0 Å². The molecule has 4 nitrogen and oxygen atoms in total. The maximum atomic E-state index is 13.9. The maximum Gasteiger partial charge on any atom is 0.317 e. The van der Waals surface area contributed by atoms with E-state index in [2.05, 4.69) is 104 Å². The quantitative estimate of drug-likeness (QED) is 0.119. The van der Waals surface area contributed by atoms with E-state index in [-0.39, 0.29) is 24.1 Å². The topological polar surface area (TPSA) is 46.6 Å². The third-order valence-electron chi connectivity index (χ3n) is 8.77. The first-order valence-electron chi connectivity index (χ1n) is 15.7. The molecule has 5 rings (SSSR count). The lowest BCUT2D eigenvalue weighted by Gasteiger charge is -2.41. The molecule has 43 heavy (non-hydrogen) atoms. The Balaban J connectivity index is 1.38. The summed E-state index contributed by atoms with van der Waals surface area (Å²) < 4.78 is 6.29. The Hall–Kier alpha value is -4.18. The monoisotopic (exact) mass is 573 g/mol. The summed E-state index contributed by atoms with van der Waals surface area (Å²) in [5.41, 5.74) is 5.01. The molecule has 0 spiro atoms. The van der Waals surface area contributed by atoms with Crippen molar-refractivity contribution in [2.45, 2.75) is 77.0 Å². The van der Waals surface area contributed by atoms with Crippen LogP contribution in [0.25, 0.3) is 0 Å². The number of carbonyl (C=O) groups excluding carboxylic acids is 2. The molecule has 0 aromatic heterocycles. The summed E-state index contributed by atoms with van der Waals surface area (Å²) in [6.07, 6.45) is 3.97. The summed E-state index contributed by atoms with van der Waals surface area (Å²) >= 11 is 0. The minimum absolute atomic E-state index is 0.0143. The molecule has 0 bridgehead atoms. The number of ketones is 1. The van der Waals surface area contributed by atoms with E-state index in [9.17, 15) is 9.59 Å². The van der Waals surface area contributed by atoms with Gasteiger partial charge in [-0.05, 0) is 60.1 Å². The number of benzene rings is 4. The van der Waals surface area contributed by atoms with Gasteiger partial charge in [-0.1, -0.05) is 123 Å². The first-order valence-corrected chi connectivity index (χ1v) is 15.7. The van der Waals surface area contributed by atoms with Crippen LogP contribution in [0, 0.1) is 5.92 Å². The fourth-order valence-corrected chi connectivity index (χ4v) is 6.60. The molecule has 4 heteroatoms. The van der Waals surface area contributed by atoms with Crippen molar-refractivity contribution in [1.29, 1.82) is 0 Å². The summed E-state index contributed by atoms with van der Waals surface area (Å²) in [5.74, 6) is -1.36. The number of hydrogen-bond acceptors (Lipinski definition) is 4. The Kier molecular flexibility index (Phi) is 10.1. The average Bonchev–Trinajstić information content (AvgIpc) is 3.03. The molecule has 1 aliphatic heterocycles. The highest BCUT2D eigenvalue weighted by Crippen LogP contribution is 2.41. The molecular formula is C39H43NO3. The third-order valence-corrected chi connectivity index (χ3v) is 8.77. The Labute approximate surface area is 256 Å². The van der Waals surface area contributed by atoms with Gasteiger partial charge in [-0.25, -0.2) is 0 Å². The molecule has 1 heterocycles. The number of anilines is 1. The molecule has 1 fully saturated rings. The lowest BCUT2D eigenvalue weighted by Crippen LogP contribution is -2.49. The minimum atomic E-state index is -0.779. The molecule has 3 atom stereocenters. The number of nitrogens with zero attached hydrogens (tertiary/aromatic N) is 1. The average molecular weight is 574 g/mol. The van der Waals surface area contributed by atoms with E-state index < -0.39 is 11.5 Å². The van der Waals surface area contributed by atoms with E-state index in [1.54, 1.807) is 0 Å². The van der Waals surface area contributed by atoms with Gasteiger partial charge < -0.3 is 9.64 Å². The van der Waals surface area contributed by atoms with E-state index >= 15 is 0 Å². The molecule has 222 valence electrons. The van der Waals surface area contributed by atoms with Gasteiger partial charge in [-0.3, -0.25) is 9.59 Å². The van der Waals surface area contributed by atoms with Gasteiger partial charge in [0.2, 0.25) is 0 Å². The van der Waals surface area contributed by atoms with Crippen molar-refractivity contribution in [3.05, 3.63) is 138 Å². The number of aryl methyl sites for hydroxylation is 1. The Morgan fingerprint density at radius 3 is 1.86 bits per heavy atom. The Bertz CT molecular complexity index is 1410. The van der Waals surface area contributed by atoms with Gasteiger partial charge >= 0.3 is 5.97 Å². The van der Waals surface area contributed by atoms with Crippen molar-refractivity contribution >= 4 is 17.4 Å². The van der Waals surface area contributed by atoms with E-state index in [0.717, 1.165) is 37.2 Å². The summed E-state index contributed by atoms with van der Waals surface area (Å²) in [6.45, 7) is 5.65. The zero-order valence-corrected chi connectivity index (χ0v) is 25.5. The van der Waals surface area contributed by atoms with Crippen LogP contribution in [0.2, 0.25) is 0 Å². The zero-order chi connectivity index (χ0) is 30.1. The second-order valence-electron chi connectivity index (χ2n) is 11.9. The smallest absolute Gasteiger partial charge is 0.317 e. The van der Waals surface area contributed by atoms with Crippen LogP contribution in [0.15, 0.2) is 115 Å². The molecule has 1 saturated heterocycles. The number of carbonyl (C=O) groups is 2. The van der Waals surface area contributed by atoms with Crippen molar-refractivity contribution in [3.63, 3.8) is 0 Å². The standard InChI is InChI=1S/C39H43NO3/c1-3-24-39(25-23-30-15-8-5-9-16-30)27-36(41)37(38(42)43-39)35(4-2)33-21-14-22-34(26-33)40(28-31-17-10-6-11-18-31)29-32-19-12-7-13-20-32/h5-22,26,35,37H,3-4,23-25,27-29H2,1-2H3/t35-,37?,39?/m0/s1. The maximum absolute atomic E-state index is 13.9. The van der Waals surface area contributed by atoms with Gasteiger partial charge in [-0.2, -0.15) is 0 Å². The number of esters is 1. The van der Waals surface area contributed by atoms with Crippen molar-refractivity contribution in [2.75, 3.05) is 4.90 Å². The number of cyclic esters (lactones) is 1. The lowest BCUT2D eigenvalue weighted by atomic mass is 9.74. The Morgan fingerprint density at radius 2 is 1.33 bits per heavy atom. The minimum Gasteiger partial charge on any atom is -0.458 e. The number of Topliss-reactive ketones (excluding diaryl/α,β-unsaturated/α-hetero) is 1. The normalized spacial score (nSPS) is 19.1. The molecule has 0 amide bonds. The number of hydrogen-bond donors (Lipinski definition) is 0.